The van der Waals surface area contributed by atoms with E-state index in [-0.39, 0.29) is 11.8 Å². The summed E-state index contributed by atoms with van der Waals surface area (Å²) in [6.07, 6.45) is 1.96. The lowest BCUT2D eigenvalue weighted by atomic mass is 9.97. The van der Waals surface area contributed by atoms with E-state index >= 15 is 0 Å². The van der Waals surface area contributed by atoms with Gasteiger partial charge in [-0.25, -0.2) is 4.98 Å². The standard InChI is InChI=1S/C23H23N3O3/c1-14-17-12-16(28-2)9-10-20(17)29-21(14)23(27)26-11-5-6-15(13-26)22-24-18-7-3-4-8-19(18)25-22/h3-4,7-10,12,15H,5-6,11,13H2,1-2H3,(H,24,25). The van der Waals surface area contributed by atoms with Crippen molar-refractivity contribution in [3.63, 3.8) is 0 Å². The molecule has 2 aromatic carbocycles. The van der Waals surface area contributed by atoms with E-state index in [0.717, 1.165) is 52.9 Å². The normalized spacial score (nSPS) is 17.2. The lowest BCUT2D eigenvalue weighted by Gasteiger charge is -2.31. The summed E-state index contributed by atoms with van der Waals surface area (Å²) in [6, 6.07) is 13.6. The van der Waals surface area contributed by atoms with Crippen LogP contribution in [0.5, 0.6) is 5.75 Å². The van der Waals surface area contributed by atoms with Crippen molar-refractivity contribution < 1.29 is 13.9 Å². The quantitative estimate of drug-likeness (QED) is 0.554. The summed E-state index contributed by atoms with van der Waals surface area (Å²) in [6.45, 7) is 3.30. The van der Waals surface area contributed by atoms with Crippen molar-refractivity contribution in [1.29, 1.82) is 0 Å². The molecule has 148 valence electrons. The van der Waals surface area contributed by atoms with E-state index in [1.54, 1.807) is 7.11 Å². The highest BCUT2D eigenvalue weighted by molar-refractivity contribution is 5.99. The third kappa shape index (κ3) is 3.05. The first-order chi connectivity index (χ1) is 14.1. The van der Waals surface area contributed by atoms with Crippen LogP contribution in [0.2, 0.25) is 0 Å². The molecule has 0 saturated carbocycles. The van der Waals surface area contributed by atoms with Crippen molar-refractivity contribution in [2.75, 3.05) is 20.2 Å². The van der Waals surface area contributed by atoms with Gasteiger partial charge in [0, 0.05) is 30.0 Å². The van der Waals surface area contributed by atoms with Crippen molar-refractivity contribution >= 4 is 27.9 Å². The number of aryl methyl sites for hydroxylation is 1. The van der Waals surface area contributed by atoms with E-state index in [9.17, 15) is 4.79 Å². The van der Waals surface area contributed by atoms with E-state index in [2.05, 4.69) is 4.98 Å². The number of aromatic nitrogens is 2. The topological polar surface area (TPSA) is 71.4 Å². The zero-order valence-corrected chi connectivity index (χ0v) is 16.6. The van der Waals surface area contributed by atoms with Crippen LogP contribution in [-0.2, 0) is 0 Å². The minimum Gasteiger partial charge on any atom is -0.497 e. The van der Waals surface area contributed by atoms with Crippen LogP contribution in [0.25, 0.3) is 22.0 Å². The number of nitrogens with one attached hydrogen (secondary N) is 1. The molecule has 2 aromatic heterocycles. The van der Waals surface area contributed by atoms with Crippen molar-refractivity contribution in [2.24, 2.45) is 0 Å². The summed E-state index contributed by atoms with van der Waals surface area (Å²) in [5.74, 6) is 2.26. The van der Waals surface area contributed by atoms with E-state index < -0.39 is 0 Å². The number of amides is 1. The molecule has 0 bridgehead atoms. The van der Waals surface area contributed by atoms with Gasteiger partial charge in [-0.15, -0.1) is 0 Å². The molecule has 5 rings (SSSR count). The van der Waals surface area contributed by atoms with Gasteiger partial charge in [0.15, 0.2) is 5.76 Å². The number of imidazole rings is 1. The van der Waals surface area contributed by atoms with Gasteiger partial charge in [0.05, 0.1) is 18.1 Å². The van der Waals surface area contributed by atoms with Crippen molar-refractivity contribution in [1.82, 2.24) is 14.9 Å². The number of piperidine rings is 1. The van der Waals surface area contributed by atoms with Gasteiger partial charge in [-0.3, -0.25) is 4.79 Å². The fourth-order valence-corrected chi connectivity index (χ4v) is 4.23. The number of fused-ring (bicyclic) bond motifs is 2. The van der Waals surface area contributed by atoms with Gasteiger partial charge < -0.3 is 19.0 Å². The minimum atomic E-state index is -0.0570. The predicted molar refractivity (Wildman–Crippen MR) is 111 cm³/mol. The first-order valence-corrected chi connectivity index (χ1v) is 9.95. The maximum atomic E-state index is 13.3. The molecule has 1 aliphatic heterocycles. The van der Waals surface area contributed by atoms with Crippen LogP contribution in [0, 0.1) is 6.92 Å². The Morgan fingerprint density at radius 1 is 1.28 bits per heavy atom. The Labute approximate surface area is 168 Å². The molecule has 3 heterocycles. The summed E-state index contributed by atoms with van der Waals surface area (Å²) in [5, 5.41) is 0.915. The van der Waals surface area contributed by atoms with Crippen LogP contribution in [-0.4, -0.2) is 41.0 Å². The average molecular weight is 389 g/mol. The molecule has 6 nitrogen and oxygen atoms in total. The number of ether oxygens (including phenoxy) is 1. The number of nitrogens with zero attached hydrogens (tertiary/aromatic N) is 2. The second-order valence-electron chi connectivity index (χ2n) is 7.65. The summed E-state index contributed by atoms with van der Waals surface area (Å²) in [5.41, 5.74) is 3.56. The Morgan fingerprint density at radius 3 is 2.97 bits per heavy atom. The highest BCUT2D eigenvalue weighted by Gasteiger charge is 2.30. The molecule has 1 aliphatic rings. The van der Waals surface area contributed by atoms with E-state index in [0.29, 0.717) is 17.9 Å². The number of benzene rings is 2. The number of rotatable bonds is 3. The highest BCUT2D eigenvalue weighted by Crippen LogP contribution is 2.32. The fourth-order valence-electron chi connectivity index (χ4n) is 4.23. The second kappa shape index (κ2) is 6.95. The van der Waals surface area contributed by atoms with Crippen LogP contribution in [0.1, 0.15) is 40.7 Å². The monoisotopic (exact) mass is 389 g/mol. The SMILES string of the molecule is COc1ccc2oc(C(=O)N3CCCC(c4nc5ccccc5[nH]4)C3)c(C)c2c1. The van der Waals surface area contributed by atoms with Crippen LogP contribution in [0.15, 0.2) is 46.9 Å². The Hall–Kier alpha value is -3.28. The average Bonchev–Trinajstić information content (AvgIpc) is 3.34. The summed E-state index contributed by atoms with van der Waals surface area (Å²) in [7, 11) is 1.63. The molecule has 4 aromatic rings. The highest BCUT2D eigenvalue weighted by atomic mass is 16.5. The molecular weight excluding hydrogens is 366 g/mol. The van der Waals surface area contributed by atoms with E-state index in [1.165, 1.54) is 0 Å². The molecule has 1 amide bonds. The zero-order chi connectivity index (χ0) is 20.0. The minimum absolute atomic E-state index is 0.0570. The third-order valence-corrected chi connectivity index (χ3v) is 5.84. The Bertz CT molecular complexity index is 1170. The first-order valence-electron chi connectivity index (χ1n) is 9.95. The van der Waals surface area contributed by atoms with Gasteiger partial charge in [-0.05, 0) is 50.1 Å². The number of hydrogen-bond acceptors (Lipinski definition) is 4. The van der Waals surface area contributed by atoms with Gasteiger partial charge in [0.2, 0.25) is 0 Å². The van der Waals surface area contributed by atoms with Crippen LogP contribution in [0.4, 0.5) is 0 Å². The van der Waals surface area contributed by atoms with E-state index in [4.69, 9.17) is 14.1 Å². The molecule has 29 heavy (non-hydrogen) atoms. The maximum absolute atomic E-state index is 13.3. The third-order valence-electron chi connectivity index (χ3n) is 5.84. The molecule has 6 heteroatoms. The van der Waals surface area contributed by atoms with Gasteiger partial charge in [-0.2, -0.15) is 0 Å². The number of hydrogen-bond donors (Lipinski definition) is 1. The van der Waals surface area contributed by atoms with Crippen LogP contribution >= 0.6 is 0 Å². The number of aromatic amines is 1. The number of methoxy groups -OCH3 is 1. The van der Waals surface area contributed by atoms with Crippen molar-refractivity contribution in [3.05, 3.63) is 59.6 Å². The van der Waals surface area contributed by atoms with Gasteiger partial charge in [-0.1, -0.05) is 12.1 Å². The summed E-state index contributed by atoms with van der Waals surface area (Å²) < 4.78 is 11.2. The molecule has 1 unspecified atom stereocenters. The maximum Gasteiger partial charge on any atom is 0.289 e. The summed E-state index contributed by atoms with van der Waals surface area (Å²) >= 11 is 0. The number of furan rings is 1. The zero-order valence-electron chi connectivity index (χ0n) is 16.6. The molecule has 0 aliphatic carbocycles. The van der Waals surface area contributed by atoms with Crippen molar-refractivity contribution in [2.45, 2.75) is 25.7 Å². The number of carbonyl (C=O) groups is 1. The number of para-hydroxylation sites is 2. The molecule has 1 atom stereocenters. The largest absolute Gasteiger partial charge is 0.497 e. The van der Waals surface area contributed by atoms with Gasteiger partial charge in [0.1, 0.15) is 17.2 Å². The molecule has 1 saturated heterocycles. The molecule has 1 N–H and O–H groups in total. The van der Waals surface area contributed by atoms with Gasteiger partial charge in [0.25, 0.3) is 5.91 Å². The predicted octanol–water partition coefficient (Wildman–Crippen LogP) is 4.65. The van der Waals surface area contributed by atoms with Crippen LogP contribution in [0.3, 0.4) is 0 Å². The summed E-state index contributed by atoms with van der Waals surface area (Å²) in [4.78, 5) is 23.3. The Kier molecular flexibility index (Phi) is 4.27. The fraction of sp³-hybridized carbons (Fsp3) is 0.304. The Morgan fingerprint density at radius 2 is 2.14 bits per heavy atom. The number of likely N-dealkylation sites (tertiary alicyclic amines) is 1. The number of carbonyl (C=O) groups excluding carboxylic acids is 1. The Balaban J connectivity index is 1.42. The smallest absolute Gasteiger partial charge is 0.289 e. The lowest BCUT2D eigenvalue weighted by Crippen LogP contribution is -2.39. The van der Waals surface area contributed by atoms with Crippen molar-refractivity contribution in [3.8, 4) is 5.75 Å². The van der Waals surface area contributed by atoms with E-state index in [1.807, 2.05) is 54.3 Å². The van der Waals surface area contributed by atoms with Crippen LogP contribution < -0.4 is 4.74 Å². The molecular formula is C23H23N3O3. The number of H-pyrrole nitrogens is 1. The molecule has 1 fully saturated rings. The lowest BCUT2D eigenvalue weighted by molar-refractivity contribution is 0.0674. The second-order valence-corrected chi connectivity index (χ2v) is 7.65. The first kappa shape index (κ1) is 17.8. The van der Waals surface area contributed by atoms with Gasteiger partial charge >= 0.3 is 0 Å². The molecule has 0 spiro atoms. The molecule has 0 radical (unpaired) electrons.